The second-order valence-electron chi connectivity index (χ2n) is 6.18. The molecule has 2 heterocycles. The minimum Gasteiger partial charge on any atom is -0.378 e. The quantitative estimate of drug-likeness (QED) is 0.824. The molecule has 0 amide bonds. The first kappa shape index (κ1) is 13.7. The van der Waals surface area contributed by atoms with Crippen molar-refractivity contribution in [1.82, 2.24) is 0 Å². The number of hydrogen-bond acceptors (Lipinski definition) is 3. The molecule has 3 rings (SSSR count). The molecule has 0 unspecified atom stereocenters. The van der Waals surface area contributed by atoms with Crippen molar-refractivity contribution in [3.63, 3.8) is 0 Å². The topological polar surface area (TPSA) is 15.7 Å². The van der Waals surface area contributed by atoms with Crippen LogP contribution in [0.15, 0.2) is 18.2 Å². The molecule has 3 heteroatoms. The Labute approximate surface area is 122 Å². The Kier molecular flexibility index (Phi) is 3.88. The normalized spacial score (nSPS) is 26.6. The minimum atomic E-state index is 0.678. The molecule has 0 aromatic heterocycles. The summed E-state index contributed by atoms with van der Waals surface area (Å²) >= 11 is 0. The first-order valence-corrected chi connectivity index (χ1v) is 7.89. The van der Waals surface area contributed by atoms with Crippen molar-refractivity contribution in [3.8, 4) is 0 Å². The molecule has 0 N–H and O–H groups in total. The average Bonchev–Trinajstić information content (AvgIpc) is 2.48. The fraction of sp³-hybridized carbons (Fsp3) is 0.647. The van der Waals surface area contributed by atoms with Crippen molar-refractivity contribution in [3.05, 3.63) is 23.8 Å². The summed E-state index contributed by atoms with van der Waals surface area (Å²) in [7, 11) is 2.25. The molecule has 3 nitrogen and oxygen atoms in total. The lowest BCUT2D eigenvalue weighted by molar-refractivity contribution is 0.122. The van der Waals surface area contributed by atoms with E-state index in [1.165, 1.54) is 29.8 Å². The van der Waals surface area contributed by atoms with Crippen LogP contribution >= 0.6 is 0 Å². The van der Waals surface area contributed by atoms with Gasteiger partial charge in [0.15, 0.2) is 0 Å². The van der Waals surface area contributed by atoms with Crippen LogP contribution in [0.2, 0.25) is 0 Å². The predicted octanol–water partition coefficient (Wildman–Crippen LogP) is 2.93. The fourth-order valence-electron chi connectivity index (χ4n) is 3.82. The lowest BCUT2D eigenvalue weighted by Crippen LogP contribution is -2.41. The Balaban J connectivity index is 1.87. The van der Waals surface area contributed by atoms with Gasteiger partial charge in [0.1, 0.15) is 0 Å². The van der Waals surface area contributed by atoms with Crippen molar-refractivity contribution in [2.75, 3.05) is 43.2 Å². The van der Waals surface area contributed by atoms with E-state index in [9.17, 15) is 0 Å². The summed E-state index contributed by atoms with van der Waals surface area (Å²) in [5.41, 5.74) is 4.29. The zero-order chi connectivity index (χ0) is 14.1. The summed E-state index contributed by atoms with van der Waals surface area (Å²) < 4.78 is 5.45. The van der Waals surface area contributed by atoms with Gasteiger partial charge in [0.05, 0.1) is 13.2 Å². The van der Waals surface area contributed by atoms with Gasteiger partial charge in [-0.2, -0.15) is 0 Å². The van der Waals surface area contributed by atoms with E-state index >= 15 is 0 Å². The van der Waals surface area contributed by atoms with E-state index in [1.54, 1.807) is 0 Å². The Hall–Kier alpha value is -1.22. The predicted molar refractivity (Wildman–Crippen MR) is 84.8 cm³/mol. The molecular weight excluding hydrogens is 248 g/mol. The second kappa shape index (κ2) is 5.65. The SMILES string of the molecule is CC[C@H]1[C@H](C)Cc2cc(N3CCOCC3)ccc2N1C. The molecule has 0 spiro atoms. The van der Waals surface area contributed by atoms with Crippen molar-refractivity contribution < 1.29 is 4.74 Å². The van der Waals surface area contributed by atoms with Crippen LogP contribution in [-0.4, -0.2) is 39.4 Å². The van der Waals surface area contributed by atoms with E-state index in [-0.39, 0.29) is 0 Å². The van der Waals surface area contributed by atoms with Gasteiger partial charge in [-0.15, -0.1) is 0 Å². The molecule has 1 aromatic rings. The Bertz CT molecular complexity index is 468. The van der Waals surface area contributed by atoms with E-state index in [0.717, 1.165) is 32.2 Å². The van der Waals surface area contributed by atoms with Crippen LogP contribution in [0.3, 0.4) is 0 Å². The lowest BCUT2D eigenvalue weighted by Gasteiger charge is -2.41. The summed E-state index contributed by atoms with van der Waals surface area (Å²) in [4.78, 5) is 4.92. The lowest BCUT2D eigenvalue weighted by atomic mass is 9.85. The summed E-state index contributed by atoms with van der Waals surface area (Å²) in [6.45, 7) is 8.42. The van der Waals surface area contributed by atoms with Gasteiger partial charge in [0.25, 0.3) is 0 Å². The number of morpholine rings is 1. The van der Waals surface area contributed by atoms with Crippen molar-refractivity contribution in [1.29, 1.82) is 0 Å². The van der Waals surface area contributed by atoms with Gasteiger partial charge in [-0.1, -0.05) is 13.8 Å². The number of anilines is 2. The Morgan fingerprint density at radius 2 is 2.00 bits per heavy atom. The van der Waals surface area contributed by atoms with Gasteiger partial charge in [-0.25, -0.2) is 0 Å². The Morgan fingerprint density at radius 1 is 1.25 bits per heavy atom. The van der Waals surface area contributed by atoms with Crippen molar-refractivity contribution in [2.45, 2.75) is 32.7 Å². The summed E-state index contributed by atoms with van der Waals surface area (Å²) in [6.07, 6.45) is 2.43. The number of fused-ring (bicyclic) bond motifs is 1. The summed E-state index contributed by atoms with van der Waals surface area (Å²) in [6, 6.07) is 7.68. The highest BCUT2D eigenvalue weighted by molar-refractivity contribution is 5.63. The van der Waals surface area contributed by atoms with Gasteiger partial charge in [-0.05, 0) is 42.5 Å². The number of benzene rings is 1. The molecule has 1 saturated heterocycles. The van der Waals surface area contributed by atoms with Crippen LogP contribution in [0.4, 0.5) is 11.4 Å². The molecule has 2 aliphatic heterocycles. The third-order valence-electron chi connectivity index (χ3n) is 4.93. The van der Waals surface area contributed by atoms with Crippen LogP contribution in [-0.2, 0) is 11.2 Å². The molecule has 20 heavy (non-hydrogen) atoms. The first-order valence-electron chi connectivity index (χ1n) is 7.89. The average molecular weight is 274 g/mol. The largest absolute Gasteiger partial charge is 0.378 e. The minimum absolute atomic E-state index is 0.678. The molecule has 0 radical (unpaired) electrons. The zero-order valence-electron chi connectivity index (χ0n) is 12.9. The van der Waals surface area contributed by atoms with E-state index in [0.29, 0.717) is 6.04 Å². The maximum absolute atomic E-state index is 5.45. The molecule has 2 aliphatic rings. The number of hydrogen-bond donors (Lipinski definition) is 0. The summed E-state index contributed by atoms with van der Waals surface area (Å²) in [5, 5.41) is 0. The van der Waals surface area contributed by atoms with Gasteiger partial charge in [0, 0.05) is 37.6 Å². The smallest absolute Gasteiger partial charge is 0.0642 e. The highest BCUT2D eigenvalue weighted by atomic mass is 16.5. The van der Waals surface area contributed by atoms with E-state index in [4.69, 9.17) is 4.74 Å². The van der Waals surface area contributed by atoms with E-state index in [1.807, 2.05) is 0 Å². The molecule has 110 valence electrons. The van der Waals surface area contributed by atoms with Crippen LogP contribution in [0.5, 0.6) is 0 Å². The third-order valence-corrected chi connectivity index (χ3v) is 4.93. The maximum Gasteiger partial charge on any atom is 0.0642 e. The first-order chi connectivity index (χ1) is 9.70. The van der Waals surface area contributed by atoms with Crippen molar-refractivity contribution >= 4 is 11.4 Å². The second-order valence-corrected chi connectivity index (χ2v) is 6.18. The maximum atomic E-state index is 5.45. The van der Waals surface area contributed by atoms with Crippen LogP contribution in [0.1, 0.15) is 25.8 Å². The van der Waals surface area contributed by atoms with Crippen LogP contribution in [0, 0.1) is 5.92 Å². The highest BCUT2D eigenvalue weighted by Crippen LogP contribution is 2.36. The molecule has 2 atom stereocenters. The highest BCUT2D eigenvalue weighted by Gasteiger charge is 2.28. The van der Waals surface area contributed by atoms with Gasteiger partial charge < -0.3 is 14.5 Å². The van der Waals surface area contributed by atoms with Crippen molar-refractivity contribution in [2.24, 2.45) is 5.92 Å². The van der Waals surface area contributed by atoms with Crippen LogP contribution < -0.4 is 9.80 Å². The molecular formula is C17H26N2O. The summed E-state index contributed by atoms with van der Waals surface area (Å²) in [5.74, 6) is 0.734. The molecule has 0 bridgehead atoms. The standard InChI is InChI=1S/C17H26N2O/c1-4-16-13(2)11-14-12-15(5-6-17(14)18(16)3)19-7-9-20-10-8-19/h5-6,12-13,16H,4,7-11H2,1-3H3/t13-,16+/m1/s1. The van der Waals surface area contributed by atoms with Gasteiger partial charge >= 0.3 is 0 Å². The molecule has 0 saturated carbocycles. The fourth-order valence-corrected chi connectivity index (χ4v) is 3.82. The Morgan fingerprint density at radius 3 is 2.70 bits per heavy atom. The number of rotatable bonds is 2. The van der Waals surface area contributed by atoms with E-state index in [2.05, 4.69) is 48.9 Å². The third kappa shape index (κ3) is 2.39. The number of nitrogens with zero attached hydrogens (tertiary/aromatic N) is 2. The van der Waals surface area contributed by atoms with Crippen LogP contribution in [0.25, 0.3) is 0 Å². The molecule has 1 aromatic carbocycles. The zero-order valence-corrected chi connectivity index (χ0v) is 12.9. The monoisotopic (exact) mass is 274 g/mol. The van der Waals surface area contributed by atoms with Gasteiger partial charge in [-0.3, -0.25) is 0 Å². The molecule has 0 aliphatic carbocycles. The number of ether oxygens (including phenoxy) is 1. The molecule has 1 fully saturated rings. The van der Waals surface area contributed by atoms with E-state index < -0.39 is 0 Å². The van der Waals surface area contributed by atoms with Gasteiger partial charge in [0.2, 0.25) is 0 Å².